The van der Waals surface area contributed by atoms with Crippen LogP contribution >= 0.6 is 10.0 Å². The van der Waals surface area contributed by atoms with Crippen LogP contribution in [0.1, 0.15) is 39.0 Å². The van der Waals surface area contributed by atoms with Crippen LogP contribution in [0.2, 0.25) is 0 Å². The smallest absolute Gasteiger partial charge is 0.0622 e. The third-order valence-electron chi connectivity index (χ3n) is 2.29. The van der Waals surface area contributed by atoms with E-state index in [0.717, 1.165) is 12.8 Å². The number of nitriles is 1. The highest BCUT2D eigenvalue weighted by Gasteiger charge is 2.10. The largest absolute Gasteiger partial charge is 0.247 e. The summed E-state index contributed by atoms with van der Waals surface area (Å²) in [5.74, 6) is 2.68. The first-order valence-electron chi connectivity index (χ1n) is 5.18. The van der Waals surface area contributed by atoms with Crippen LogP contribution in [0.25, 0.3) is 0 Å². The van der Waals surface area contributed by atoms with Gasteiger partial charge in [0, 0.05) is 6.42 Å². The van der Waals surface area contributed by atoms with Crippen molar-refractivity contribution in [3.05, 3.63) is 0 Å². The maximum absolute atomic E-state index is 8.44. The van der Waals surface area contributed by atoms with Crippen molar-refractivity contribution < 1.29 is 0 Å². The lowest BCUT2D eigenvalue weighted by Crippen LogP contribution is -2.06. The lowest BCUT2D eigenvalue weighted by molar-refractivity contribution is 0.775. The zero-order chi connectivity index (χ0) is 10.2. The topological polar surface area (TPSA) is 23.8 Å². The van der Waals surface area contributed by atoms with Gasteiger partial charge in [-0.05, 0) is 36.9 Å². The molecule has 0 aliphatic carbocycles. The van der Waals surface area contributed by atoms with Gasteiger partial charge < -0.3 is 0 Å². The third kappa shape index (κ3) is 8.18. The van der Waals surface area contributed by atoms with Crippen molar-refractivity contribution in [3.8, 4) is 6.07 Å². The molecular weight excluding hydrogens is 178 g/mol. The van der Waals surface area contributed by atoms with Crippen LogP contribution in [0.5, 0.6) is 0 Å². The minimum Gasteiger partial charge on any atom is -0.247 e. The van der Waals surface area contributed by atoms with E-state index < -0.39 is 0 Å². The molecule has 0 unspecified atom stereocenters. The molecule has 0 N–H and O–H groups in total. The highest BCUT2D eigenvalue weighted by Crippen LogP contribution is 2.41. The van der Waals surface area contributed by atoms with E-state index in [1.807, 2.05) is 0 Å². The van der Waals surface area contributed by atoms with E-state index >= 15 is 0 Å². The summed E-state index contributed by atoms with van der Waals surface area (Å²) in [4.78, 5) is 0. The Balaban J connectivity index is 3.49. The molecule has 0 bridgehead atoms. The molecule has 0 atom stereocenters. The molecule has 0 saturated carbocycles. The molecule has 0 aliphatic heterocycles. The van der Waals surface area contributed by atoms with Gasteiger partial charge in [0.25, 0.3) is 0 Å². The summed E-state index contributed by atoms with van der Waals surface area (Å²) in [6.07, 6.45) is 10.7. The second-order valence-corrected chi connectivity index (χ2v) is 8.49. The maximum Gasteiger partial charge on any atom is 0.0622 e. The van der Waals surface area contributed by atoms with Crippen molar-refractivity contribution in [3.63, 3.8) is 0 Å². The number of unbranched alkanes of at least 4 members (excludes halogenated alkanes) is 3. The van der Waals surface area contributed by atoms with Gasteiger partial charge in [-0.25, -0.2) is 10.0 Å². The van der Waals surface area contributed by atoms with Crippen LogP contribution in [0.15, 0.2) is 0 Å². The Morgan fingerprint density at radius 3 is 2.23 bits per heavy atom. The quantitative estimate of drug-likeness (QED) is 0.578. The molecule has 0 saturated heterocycles. The van der Waals surface area contributed by atoms with E-state index in [4.69, 9.17) is 5.26 Å². The molecule has 0 heterocycles. The SMILES string of the molecule is CCCCCS(C)(C)CCCC#N. The molecule has 0 aliphatic rings. The molecule has 0 rings (SSSR count). The van der Waals surface area contributed by atoms with Gasteiger partial charge in [-0.3, -0.25) is 0 Å². The Kier molecular flexibility index (Phi) is 7.17. The average Bonchev–Trinajstić information content (AvgIpc) is 2.05. The summed E-state index contributed by atoms with van der Waals surface area (Å²) in [5.41, 5.74) is 0. The molecule has 0 aromatic carbocycles. The van der Waals surface area contributed by atoms with Gasteiger partial charge in [-0.2, -0.15) is 5.26 Å². The minimum atomic E-state index is -0.377. The first kappa shape index (κ1) is 12.8. The Bertz CT molecular complexity index is 158. The standard InChI is InChI=1S/C11H23NS/c1-4-5-7-10-13(2,3)11-8-6-9-12/h4-8,10-11H2,1-3H3. The number of nitrogens with zero attached hydrogens (tertiary/aromatic N) is 1. The second-order valence-electron chi connectivity index (χ2n) is 4.14. The van der Waals surface area contributed by atoms with Gasteiger partial charge in [0.1, 0.15) is 0 Å². The van der Waals surface area contributed by atoms with Gasteiger partial charge in [0.2, 0.25) is 0 Å². The summed E-state index contributed by atoms with van der Waals surface area (Å²) in [5, 5.41) is 8.44. The lowest BCUT2D eigenvalue weighted by Gasteiger charge is -2.30. The van der Waals surface area contributed by atoms with E-state index in [2.05, 4.69) is 25.5 Å². The summed E-state index contributed by atoms with van der Waals surface area (Å²) in [6, 6.07) is 2.22. The Hall–Kier alpha value is -0.160. The molecular formula is C11H23NS. The monoisotopic (exact) mass is 201 g/mol. The maximum atomic E-state index is 8.44. The van der Waals surface area contributed by atoms with Gasteiger partial charge in [0.05, 0.1) is 6.07 Å². The van der Waals surface area contributed by atoms with Crippen LogP contribution < -0.4 is 0 Å². The first-order valence-corrected chi connectivity index (χ1v) is 7.97. The highest BCUT2D eigenvalue weighted by atomic mass is 32.3. The van der Waals surface area contributed by atoms with E-state index in [1.165, 1.54) is 30.8 Å². The predicted octanol–water partition coefficient (Wildman–Crippen LogP) is 3.54. The van der Waals surface area contributed by atoms with Crippen molar-refractivity contribution >= 4 is 10.0 Å². The minimum absolute atomic E-state index is 0.377. The van der Waals surface area contributed by atoms with Crippen LogP contribution in [-0.2, 0) is 0 Å². The fraction of sp³-hybridized carbons (Fsp3) is 0.909. The van der Waals surface area contributed by atoms with Gasteiger partial charge >= 0.3 is 0 Å². The summed E-state index contributed by atoms with van der Waals surface area (Å²) in [7, 11) is -0.377. The molecule has 0 aromatic heterocycles. The zero-order valence-electron chi connectivity index (χ0n) is 9.31. The molecule has 0 fully saturated rings. The van der Waals surface area contributed by atoms with Crippen LogP contribution in [0.4, 0.5) is 0 Å². The highest BCUT2D eigenvalue weighted by molar-refractivity contribution is 8.32. The van der Waals surface area contributed by atoms with E-state index in [9.17, 15) is 0 Å². The normalized spacial score (nSPS) is 12.5. The zero-order valence-corrected chi connectivity index (χ0v) is 10.1. The predicted molar refractivity (Wildman–Crippen MR) is 63.5 cm³/mol. The Morgan fingerprint density at radius 2 is 1.69 bits per heavy atom. The fourth-order valence-electron chi connectivity index (χ4n) is 1.39. The van der Waals surface area contributed by atoms with Crippen molar-refractivity contribution in [1.29, 1.82) is 5.26 Å². The van der Waals surface area contributed by atoms with Gasteiger partial charge in [-0.1, -0.05) is 19.8 Å². The molecule has 2 heteroatoms. The Labute approximate surface area is 84.8 Å². The molecule has 0 amide bonds. The van der Waals surface area contributed by atoms with Gasteiger partial charge in [-0.15, -0.1) is 0 Å². The molecule has 0 aromatic rings. The average molecular weight is 201 g/mol. The number of hydrogen-bond acceptors (Lipinski definition) is 1. The van der Waals surface area contributed by atoms with Crippen molar-refractivity contribution in [2.75, 3.05) is 24.0 Å². The molecule has 78 valence electrons. The van der Waals surface area contributed by atoms with E-state index in [-0.39, 0.29) is 10.0 Å². The van der Waals surface area contributed by atoms with E-state index in [0.29, 0.717) is 0 Å². The Morgan fingerprint density at radius 1 is 1.08 bits per heavy atom. The van der Waals surface area contributed by atoms with Crippen molar-refractivity contribution in [2.45, 2.75) is 39.0 Å². The first-order chi connectivity index (χ1) is 6.12. The lowest BCUT2D eigenvalue weighted by atomic mass is 10.3. The number of hydrogen-bond donors (Lipinski definition) is 0. The molecule has 0 radical (unpaired) electrons. The second kappa shape index (κ2) is 7.26. The molecule has 1 nitrogen and oxygen atoms in total. The van der Waals surface area contributed by atoms with Gasteiger partial charge in [0.15, 0.2) is 0 Å². The third-order valence-corrected chi connectivity index (χ3v) is 5.07. The molecule has 13 heavy (non-hydrogen) atoms. The number of rotatable bonds is 7. The summed E-state index contributed by atoms with van der Waals surface area (Å²) < 4.78 is 0. The summed E-state index contributed by atoms with van der Waals surface area (Å²) >= 11 is 0. The van der Waals surface area contributed by atoms with Crippen LogP contribution in [0, 0.1) is 11.3 Å². The fourth-order valence-corrected chi connectivity index (χ4v) is 3.50. The van der Waals surface area contributed by atoms with E-state index in [1.54, 1.807) is 0 Å². The van der Waals surface area contributed by atoms with Crippen molar-refractivity contribution in [1.82, 2.24) is 0 Å². The van der Waals surface area contributed by atoms with Crippen LogP contribution in [0.3, 0.4) is 0 Å². The summed E-state index contributed by atoms with van der Waals surface area (Å²) in [6.45, 7) is 2.25. The van der Waals surface area contributed by atoms with Crippen molar-refractivity contribution in [2.24, 2.45) is 0 Å². The van der Waals surface area contributed by atoms with Crippen LogP contribution in [-0.4, -0.2) is 24.0 Å². The molecule has 0 spiro atoms.